The zero-order valence-corrected chi connectivity index (χ0v) is 12.8. The molecule has 0 aliphatic carbocycles. The van der Waals surface area contributed by atoms with Crippen molar-refractivity contribution in [2.75, 3.05) is 18.4 Å². The van der Waals surface area contributed by atoms with Crippen molar-refractivity contribution in [3.63, 3.8) is 0 Å². The van der Waals surface area contributed by atoms with Crippen molar-refractivity contribution >= 4 is 17.9 Å². The first-order valence-corrected chi connectivity index (χ1v) is 7.54. The molecule has 1 fully saturated rings. The molecule has 1 aliphatic rings. The third-order valence-corrected chi connectivity index (χ3v) is 4.04. The van der Waals surface area contributed by atoms with Crippen LogP contribution < -0.4 is 11.1 Å². The monoisotopic (exact) mass is 301 g/mol. The van der Waals surface area contributed by atoms with E-state index in [0.29, 0.717) is 5.82 Å². The van der Waals surface area contributed by atoms with Gasteiger partial charge in [-0.2, -0.15) is 0 Å². The summed E-state index contributed by atoms with van der Waals surface area (Å²) in [7, 11) is 0. The molecule has 1 amide bonds. The van der Waals surface area contributed by atoms with E-state index >= 15 is 0 Å². The molecule has 0 bridgehead atoms. The summed E-state index contributed by atoms with van der Waals surface area (Å²) in [5.74, 6) is 0.713. The molecule has 0 aromatic carbocycles. The lowest BCUT2D eigenvalue weighted by molar-refractivity contribution is -0.121. The summed E-state index contributed by atoms with van der Waals surface area (Å²) in [5.41, 5.74) is 6.71. The lowest BCUT2D eigenvalue weighted by Crippen LogP contribution is -2.47. The normalized spacial score (nSPS) is 21.1. The molecule has 0 spiro atoms. The maximum atomic E-state index is 12.3. The average Bonchev–Trinajstić information content (AvgIpc) is 2.55. The zero-order chi connectivity index (χ0) is 15.9. The van der Waals surface area contributed by atoms with E-state index in [9.17, 15) is 4.79 Å². The standard InChI is InChI=1S/C16H23N5O/c1-12(16(22)20-15-6-2-3-9-19-15)21-10-4-5-13(11-21)14(18)7-8-17/h2-3,6-9,12-13,17H,4-5,10-11,18H2,1H3,(H,19,20,22)/b14-7-,17-8?/t12-,13?/m0/s1. The second-order valence-corrected chi connectivity index (χ2v) is 5.55. The summed E-state index contributed by atoms with van der Waals surface area (Å²) in [6.45, 7) is 3.52. The van der Waals surface area contributed by atoms with E-state index in [4.69, 9.17) is 11.1 Å². The quantitative estimate of drug-likeness (QED) is 0.720. The number of hydrogen-bond donors (Lipinski definition) is 3. The summed E-state index contributed by atoms with van der Waals surface area (Å²) < 4.78 is 0. The highest BCUT2D eigenvalue weighted by Gasteiger charge is 2.28. The molecule has 0 saturated carbocycles. The Labute approximate surface area is 130 Å². The molecule has 6 nitrogen and oxygen atoms in total. The molecule has 1 saturated heterocycles. The minimum absolute atomic E-state index is 0.0612. The molecular formula is C16H23N5O. The van der Waals surface area contributed by atoms with E-state index in [1.807, 2.05) is 19.1 Å². The number of amides is 1. The lowest BCUT2D eigenvalue weighted by Gasteiger charge is -2.36. The second kappa shape index (κ2) is 7.70. The van der Waals surface area contributed by atoms with Gasteiger partial charge in [0.25, 0.3) is 0 Å². The van der Waals surface area contributed by atoms with E-state index in [1.54, 1.807) is 18.3 Å². The first kappa shape index (κ1) is 16.2. The maximum absolute atomic E-state index is 12.3. The fraction of sp³-hybridized carbons (Fsp3) is 0.438. The first-order chi connectivity index (χ1) is 10.6. The van der Waals surface area contributed by atoms with E-state index in [-0.39, 0.29) is 17.9 Å². The number of carbonyl (C=O) groups excluding carboxylic acids is 1. The van der Waals surface area contributed by atoms with Crippen molar-refractivity contribution in [2.24, 2.45) is 11.7 Å². The number of rotatable bonds is 5. The average molecular weight is 301 g/mol. The van der Waals surface area contributed by atoms with Crippen molar-refractivity contribution in [1.82, 2.24) is 9.88 Å². The summed E-state index contributed by atoms with van der Waals surface area (Å²) in [6.07, 6.45) is 6.50. The van der Waals surface area contributed by atoms with Gasteiger partial charge in [0.1, 0.15) is 5.82 Å². The zero-order valence-electron chi connectivity index (χ0n) is 12.8. The summed E-state index contributed by atoms with van der Waals surface area (Å²) in [4.78, 5) is 18.6. The van der Waals surface area contributed by atoms with Crippen LogP contribution in [0.15, 0.2) is 36.2 Å². The molecule has 6 heteroatoms. The van der Waals surface area contributed by atoms with Gasteiger partial charge in [0, 0.05) is 30.6 Å². The number of carbonyl (C=O) groups is 1. The van der Waals surface area contributed by atoms with Gasteiger partial charge in [-0.1, -0.05) is 6.07 Å². The molecule has 2 rings (SSSR count). The number of piperidine rings is 1. The Bertz CT molecular complexity index is 543. The molecule has 118 valence electrons. The maximum Gasteiger partial charge on any atom is 0.242 e. The highest BCUT2D eigenvalue weighted by molar-refractivity contribution is 5.93. The number of aromatic nitrogens is 1. The van der Waals surface area contributed by atoms with Crippen LogP contribution in [-0.2, 0) is 4.79 Å². The van der Waals surface area contributed by atoms with Crippen molar-refractivity contribution < 1.29 is 4.79 Å². The highest BCUT2D eigenvalue weighted by Crippen LogP contribution is 2.22. The van der Waals surface area contributed by atoms with E-state index < -0.39 is 0 Å². The Morgan fingerprint density at radius 2 is 2.41 bits per heavy atom. The molecular weight excluding hydrogens is 278 g/mol. The Morgan fingerprint density at radius 1 is 1.59 bits per heavy atom. The SMILES string of the molecule is C[C@@H](C(=O)Nc1ccccn1)N1CCCC(/C(N)=C/C=N)C1. The Balaban J connectivity index is 1.96. The Hall–Kier alpha value is -2.21. The fourth-order valence-electron chi connectivity index (χ4n) is 2.70. The van der Waals surface area contributed by atoms with Gasteiger partial charge in [0.2, 0.25) is 5.91 Å². The Kier molecular flexibility index (Phi) is 5.66. The van der Waals surface area contributed by atoms with Crippen LogP contribution in [-0.4, -0.2) is 41.1 Å². The van der Waals surface area contributed by atoms with Crippen LogP contribution >= 0.6 is 0 Å². The van der Waals surface area contributed by atoms with Gasteiger partial charge < -0.3 is 16.5 Å². The lowest BCUT2D eigenvalue weighted by atomic mass is 9.93. The number of nitrogens with zero attached hydrogens (tertiary/aromatic N) is 2. The predicted octanol–water partition coefficient (Wildman–Crippen LogP) is 1.61. The molecule has 2 atom stereocenters. The van der Waals surface area contributed by atoms with Crippen molar-refractivity contribution in [3.8, 4) is 0 Å². The van der Waals surface area contributed by atoms with Gasteiger partial charge in [-0.15, -0.1) is 0 Å². The minimum Gasteiger partial charge on any atom is -0.402 e. The first-order valence-electron chi connectivity index (χ1n) is 7.54. The molecule has 22 heavy (non-hydrogen) atoms. The smallest absolute Gasteiger partial charge is 0.242 e. The molecule has 1 aromatic rings. The largest absolute Gasteiger partial charge is 0.402 e. The third kappa shape index (κ3) is 4.14. The van der Waals surface area contributed by atoms with Gasteiger partial charge in [-0.05, 0) is 44.5 Å². The van der Waals surface area contributed by atoms with Crippen LogP contribution in [0.4, 0.5) is 5.82 Å². The van der Waals surface area contributed by atoms with Crippen LogP contribution in [0.3, 0.4) is 0 Å². The minimum atomic E-state index is -0.238. The number of likely N-dealkylation sites (tertiary alicyclic amines) is 1. The molecule has 2 heterocycles. The van der Waals surface area contributed by atoms with E-state index in [0.717, 1.165) is 31.6 Å². The van der Waals surface area contributed by atoms with E-state index in [1.165, 1.54) is 6.21 Å². The van der Waals surface area contributed by atoms with Gasteiger partial charge in [-0.3, -0.25) is 9.69 Å². The van der Waals surface area contributed by atoms with Crippen molar-refractivity contribution in [2.45, 2.75) is 25.8 Å². The van der Waals surface area contributed by atoms with Crippen LogP contribution in [0, 0.1) is 11.3 Å². The number of hydrogen-bond acceptors (Lipinski definition) is 5. The molecule has 4 N–H and O–H groups in total. The summed E-state index contributed by atoms with van der Waals surface area (Å²) in [5, 5.41) is 9.95. The summed E-state index contributed by atoms with van der Waals surface area (Å²) >= 11 is 0. The predicted molar refractivity (Wildman–Crippen MR) is 87.7 cm³/mol. The van der Waals surface area contributed by atoms with Crippen LogP contribution in [0.25, 0.3) is 0 Å². The van der Waals surface area contributed by atoms with Gasteiger partial charge in [-0.25, -0.2) is 4.98 Å². The number of pyridine rings is 1. The second-order valence-electron chi connectivity index (χ2n) is 5.55. The molecule has 1 unspecified atom stereocenters. The van der Waals surface area contributed by atoms with Crippen LogP contribution in [0.1, 0.15) is 19.8 Å². The van der Waals surface area contributed by atoms with E-state index in [2.05, 4.69) is 15.2 Å². The Morgan fingerprint density at radius 3 is 3.09 bits per heavy atom. The van der Waals surface area contributed by atoms with Crippen LogP contribution in [0.5, 0.6) is 0 Å². The number of nitrogens with one attached hydrogen (secondary N) is 2. The number of nitrogens with two attached hydrogens (primary N) is 1. The van der Waals surface area contributed by atoms with Gasteiger partial charge in [0.15, 0.2) is 0 Å². The fourth-order valence-corrected chi connectivity index (χ4v) is 2.70. The molecule has 1 aromatic heterocycles. The number of anilines is 1. The molecule has 0 radical (unpaired) electrons. The topological polar surface area (TPSA) is 95.1 Å². The van der Waals surface area contributed by atoms with Gasteiger partial charge >= 0.3 is 0 Å². The van der Waals surface area contributed by atoms with Gasteiger partial charge in [0.05, 0.1) is 6.04 Å². The summed E-state index contributed by atoms with van der Waals surface area (Å²) in [6, 6.07) is 5.19. The van der Waals surface area contributed by atoms with Crippen molar-refractivity contribution in [1.29, 1.82) is 5.41 Å². The third-order valence-electron chi connectivity index (χ3n) is 4.04. The highest BCUT2D eigenvalue weighted by atomic mass is 16.2. The number of allylic oxidation sites excluding steroid dienone is 1. The van der Waals surface area contributed by atoms with Crippen molar-refractivity contribution in [3.05, 3.63) is 36.2 Å². The molecule has 1 aliphatic heterocycles. The van der Waals surface area contributed by atoms with Crippen LogP contribution in [0.2, 0.25) is 0 Å².